The molecule has 10 heteroatoms. The summed E-state index contributed by atoms with van der Waals surface area (Å²) in [6.07, 6.45) is -3.34. The molecule has 1 unspecified atom stereocenters. The fraction of sp³-hybridized carbons (Fsp3) is 0.283. The maximum absolute atomic E-state index is 14.7. The van der Waals surface area contributed by atoms with E-state index in [-0.39, 0.29) is 44.7 Å². The van der Waals surface area contributed by atoms with E-state index in [1.165, 1.54) is 6.92 Å². The molecule has 63 heavy (non-hydrogen) atoms. The number of nitrogens with one attached hydrogen (secondary N) is 1. The number of amides is 2. The molecular weight excluding hydrogens is 793 g/mol. The van der Waals surface area contributed by atoms with Gasteiger partial charge < -0.3 is 38.6 Å². The van der Waals surface area contributed by atoms with Crippen LogP contribution in [-0.2, 0) is 66.2 Å². The molecule has 0 radical (unpaired) electrons. The molecule has 0 aliphatic carbocycles. The van der Waals surface area contributed by atoms with Crippen molar-refractivity contribution >= 4 is 11.8 Å². The van der Waals surface area contributed by atoms with Crippen LogP contribution in [0, 0.1) is 0 Å². The third-order valence-electron chi connectivity index (χ3n) is 11.0. The highest BCUT2D eigenvalue weighted by Crippen LogP contribution is 2.32. The van der Waals surface area contributed by atoms with E-state index in [9.17, 15) is 9.59 Å². The van der Waals surface area contributed by atoms with E-state index in [2.05, 4.69) is 5.32 Å². The molecule has 0 bridgehead atoms. The van der Waals surface area contributed by atoms with Crippen LogP contribution in [0.4, 0.5) is 0 Å². The molecule has 1 aliphatic rings. The lowest BCUT2D eigenvalue weighted by Gasteiger charge is -2.46. The molecule has 1 aliphatic heterocycles. The fourth-order valence-electron chi connectivity index (χ4n) is 7.77. The number of methoxy groups -OCH3 is 1. The summed E-state index contributed by atoms with van der Waals surface area (Å²) in [6.45, 7) is 3.12. The van der Waals surface area contributed by atoms with Crippen molar-refractivity contribution < 1.29 is 38.0 Å². The molecule has 1 N–H and O–H groups in total. The summed E-state index contributed by atoms with van der Waals surface area (Å²) in [5.41, 5.74) is 5.50. The standard InChI is InChI=1S/C53H56N2O8/c1-39(56)55(33-40-28-30-46(58-2)31-29-40)49(45-26-16-7-17-27-45)53(57)54-32-47-50(60-35-42-20-10-4-11-21-42)52(62-37-44-24-14-6-15-25-44)51(61-36-43-22-12-5-13-23-43)48(63-47)38-59-34-41-18-8-3-9-19-41/h3-31,47-52H,32-38H2,1-2H3,(H,54,57)/t47-,48+,49?,50-,51+,52+/m0/s1. The van der Waals surface area contributed by atoms with E-state index in [4.69, 9.17) is 28.4 Å². The summed E-state index contributed by atoms with van der Waals surface area (Å²) in [4.78, 5) is 29.8. The van der Waals surface area contributed by atoms with Gasteiger partial charge in [0.1, 0.15) is 42.3 Å². The van der Waals surface area contributed by atoms with Gasteiger partial charge in [-0.3, -0.25) is 9.59 Å². The second-order valence-corrected chi connectivity index (χ2v) is 15.6. The van der Waals surface area contributed by atoms with E-state index in [0.717, 1.165) is 27.8 Å². The van der Waals surface area contributed by atoms with Gasteiger partial charge in [-0.05, 0) is 45.5 Å². The molecule has 326 valence electrons. The quantitative estimate of drug-likeness (QED) is 0.0768. The van der Waals surface area contributed by atoms with Crippen molar-refractivity contribution in [3.8, 4) is 5.75 Å². The minimum atomic E-state index is -0.949. The maximum atomic E-state index is 14.7. The van der Waals surface area contributed by atoms with Gasteiger partial charge >= 0.3 is 0 Å². The number of hydrogen-bond acceptors (Lipinski definition) is 8. The lowest BCUT2D eigenvalue weighted by atomic mass is 9.93. The maximum Gasteiger partial charge on any atom is 0.247 e. The third-order valence-corrected chi connectivity index (χ3v) is 11.0. The van der Waals surface area contributed by atoms with Crippen molar-refractivity contribution in [2.24, 2.45) is 0 Å². The number of carbonyl (C=O) groups is 2. The Balaban J connectivity index is 1.21. The SMILES string of the molecule is COc1ccc(CN(C(C)=O)C(C(=O)NC[C@@H]2O[C@H](COCc3ccccc3)[C@@H](OCc3ccccc3)[C@H](OCc3ccccc3)[C@H]2OCc2ccccc2)c2ccccc2)cc1. The van der Waals surface area contributed by atoms with Crippen LogP contribution in [0.2, 0.25) is 0 Å². The Bertz CT molecular complexity index is 2250. The van der Waals surface area contributed by atoms with Crippen molar-refractivity contribution in [2.75, 3.05) is 20.3 Å². The van der Waals surface area contributed by atoms with Gasteiger partial charge in [-0.2, -0.15) is 0 Å². The fourth-order valence-corrected chi connectivity index (χ4v) is 7.77. The average Bonchev–Trinajstić information content (AvgIpc) is 3.33. The highest BCUT2D eigenvalue weighted by molar-refractivity contribution is 5.88. The minimum absolute atomic E-state index is 0.0433. The topological polar surface area (TPSA) is 105 Å². The summed E-state index contributed by atoms with van der Waals surface area (Å²) in [7, 11) is 1.61. The Labute approximate surface area is 370 Å². The molecule has 6 atom stereocenters. The van der Waals surface area contributed by atoms with Gasteiger partial charge in [0.2, 0.25) is 11.8 Å². The van der Waals surface area contributed by atoms with E-state index < -0.39 is 36.6 Å². The zero-order valence-electron chi connectivity index (χ0n) is 35.9. The predicted molar refractivity (Wildman–Crippen MR) is 241 cm³/mol. The number of nitrogens with zero attached hydrogens (tertiary/aromatic N) is 1. The molecule has 10 nitrogen and oxygen atoms in total. The van der Waals surface area contributed by atoms with E-state index in [1.807, 2.05) is 176 Å². The Hall–Kier alpha value is -6.14. The van der Waals surface area contributed by atoms with E-state index in [1.54, 1.807) is 12.0 Å². The highest BCUT2D eigenvalue weighted by Gasteiger charge is 2.48. The van der Waals surface area contributed by atoms with Crippen LogP contribution in [0.1, 0.15) is 46.3 Å². The van der Waals surface area contributed by atoms with Crippen LogP contribution in [0.15, 0.2) is 176 Å². The van der Waals surface area contributed by atoms with Crippen LogP contribution in [0.3, 0.4) is 0 Å². The number of rotatable bonds is 21. The molecule has 6 aromatic rings. The van der Waals surface area contributed by atoms with E-state index in [0.29, 0.717) is 24.5 Å². The monoisotopic (exact) mass is 848 g/mol. The number of ether oxygens (including phenoxy) is 6. The van der Waals surface area contributed by atoms with Gasteiger partial charge in [-0.1, -0.05) is 164 Å². The molecule has 1 heterocycles. The second kappa shape index (κ2) is 23.3. The van der Waals surface area contributed by atoms with Gasteiger partial charge in [0.15, 0.2) is 0 Å². The molecule has 0 aromatic heterocycles. The van der Waals surface area contributed by atoms with Crippen LogP contribution in [0.25, 0.3) is 0 Å². The molecule has 0 spiro atoms. The summed E-state index contributed by atoms with van der Waals surface area (Å²) in [6, 6.07) is 55.7. The lowest BCUT2D eigenvalue weighted by molar-refractivity contribution is -0.271. The normalized spacial score (nSPS) is 18.9. The number of benzene rings is 6. The van der Waals surface area contributed by atoms with Crippen molar-refractivity contribution in [2.45, 2.75) is 76.5 Å². The second-order valence-electron chi connectivity index (χ2n) is 15.6. The van der Waals surface area contributed by atoms with E-state index >= 15 is 0 Å². The van der Waals surface area contributed by atoms with Crippen LogP contribution in [0.5, 0.6) is 5.75 Å². The summed E-state index contributed by atoms with van der Waals surface area (Å²) in [5.74, 6) is 0.0807. The molecule has 6 aromatic carbocycles. The van der Waals surface area contributed by atoms with Gasteiger partial charge in [-0.15, -0.1) is 0 Å². The molecule has 1 saturated heterocycles. The van der Waals surface area contributed by atoms with Crippen LogP contribution in [-0.4, -0.2) is 67.5 Å². The first-order valence-corrected chi connectivity index (χ1v) is 21.4. The Morgan fingerprint density at radius 3 is 1.48 bits per heavy atom. The van der Waals surface area contributed by atoms with Crippen molar-refractivity contribution in [1.29, 1.82) is 0 Å². The van der Waals surface area contributed by atoms with Gasteiger partial charge in [0.25, 0.3) is 0 Å². The zero-order valence-corrected chi connectivity index (χ0v) is 35.9. The molecule has 1 fully saturated rings. The Morgan fingerprint density at radius 1 is 0.556 bits per heavy atom. The first-order chi connectivity index (χ1) is 30.9. The van der Waals surface area contributed by atoms with Crippen LogP contribution >= 0.6 is 0 Å². The minimum Gasteiger partial charge on any atom is -0.497 e. The third kappa shape index (κ3) is 13.0. The van der Waals surface area contributed by atoms with Crippen LogP contribution < -0.4 is 10.1 Å². The molecular formula is C53H56N2O8. The lowest BCUT2D eigenvalue weighted by Crippen LogP contribution is -2.63. The van der Waals surface area contributed by atoms with Crippen molar-refractivity contribution in [1.82, 2.24) is 10.2 Å². The van der Waals surface area contributed by atoms with Gasteiger partial charge in [0, 0.05) is 20.0 Å². The molecule has 0 saturated carbocycles. The number of carbonyl (C=O) groups excluding carboxylic acids is 2. The highest BCUT2D eigenvalue weighted by atomic mass is 16.6. The predicted octanol–water partition coefficient (Wildman–Crippen LogP) is 8.64. The summed E-state index contributed by atoms with van der Waals surface area (Å²) >= 11 is 0. The van der Waals surface area contributed by atoms with Crippen molar-refractivity contribution in [3.05, 3.63) is 209 Å². The number of hydrogen-bond donors (Lipinski definition) is 1. The van der Waals surface area contributed by atoms with Gasteiger partial charge in [-0.25, -0.2) is 0 Å². The first-order valence-electron chi connectivity index (χ1n) is 21.4. The molecule has 7 rings (SSSR count). The largest absolute Gasteiger partial charge is 0.497 e. The zero-order chi connectivity index (χ0) is 43.6. The summed E-state index contributed by atoms with van der Waals surface area (Å²) in [5, 5.41) is 3.19. The molecule has 2 amide bonds. The average molecular weight is 849 g/mol. The van der Waals surface area contributed by atoms with Crippen molar-refractivity contribution in [3.63, 3.8) is 0 Å². The first kappa shape index (κ1) is 44.9. The Kier molecular flexibility index (Phi) is 16.6. The van der Waals surface area contributed by atoms with Gasteiger partial charge in [0.05, 0.1) is 40.1 Å². The smallest absolute Gasteiger partial charge is 0.247 e. The summed E-state index contributed by atoms with van der Waals surface area (Å²) < 4.78 is 39.3. The Morgan fingerprint density at radius 2 is 1.00 bits per heavy atom.